The highest BCUT2D eigenvalue weighted by molar-refractivity contribution is 5.97. The van der Waals surface area contributed by atoms with Gasteiger partial charge in [-0.25, -0.2) is 14.1 Å². The smallest absolute Gasteiger partial charge is 0.217 e. The van der Waals surface area contributed by atoms with Gasteiger partial charge in [-0.1, -0.05) is 30.3 Å². The predicted octanol–water partition coefficient (Wildman–Crippen LogP) is 3.26. The molecule has 4 nitrogen and oxygen atoms in total. The summed E-state index contributed by atoms with van der Waals surface area (Å²) in [5, 5.41) is 4.37. The third-order valence-corrected chi connectivity index (χ3v) is 5.47. The zero-order valence-electron chi connectivity index (χ0n) is 12.1. The van der Waals surface area contributed by atoms with Gasteiger partial charge in [-0.3, -0.25) is 4.79 Å². The topological polar surface area (TPSA) is 47.8 Å². The molecule has 2 aliphatic carbocycles. The molecule has 3 atom stereocenters. The summed E-state index contributed by atoms with van der Waals surface area (Å²) in [6, 6.07) is 9.58. The molecule has 1 aliphatic heterocycles. The minimum absolute atomic E-state index is 0.0124. The van der Waals surface area contributed by atoms with Gasteiger partial charge in [0.25, 0.3) is 0 Å². The van der Waals surface area contributed by atoms with Gasteiger partial charge in [-0.2, -0.15) is 0 Å². The van der Waals surface area contributed by atoms with E-state index in [0.717, 1.165) is 24.8 Å². The van der Waals surface area contributed by atoms with Gasteiger partial charge in [-0.15, -0.1) is 5.10 Å². The van der Waals surface area contributed by atoms with E-state index in [1.807, 2.05) is 30.3 Å². The molecule has 5 rings (SSSR count). The number of hydrogen-bond donors (Lipinski definition) is 0. The van der Waals surface area contributed by atoms with Gasteiger partial charge in [0.05, 0.1) is 6.04 Å². The Kier molecular flexibility index (Phi) is 2.29. The van der Waals surface area contributed by atoms with Crippen molar-refractivity contribution in [3.8, 4) is 0 Å². The first-order valence-corrected chi connectivity index (χ1v) is 7.88. The van der Waals surface area contributed by atoms with E-state index in [1.165, 1.54) is 0 Å². The molecular formula is C17H16FN3O. The maximum absolute atomic E-state index is 14.3. The molecule has 0 radical (unpaired) electrons. The Morgan fingerprint density at radius 2 is 2.05 bits per heavy atom. The number of Topliss-reactive ketones (excluding diaryl/α,β-unsaturated/α-hetero) is 1. The minimum atomic E-state index is -1.15. The molecule has 1 aromatic heterocycles. The fourth-order valence-corrected chi connectivity index (χ4v) is 3.82. The number of carbonyl (C=O) groups excluding carboxylic acids is 1. The van der Waals surface area contributed by atoms with Crippen LogP contribution in [0.2, 0.25) is 0 Å². The molecule has 1 aromatic carbocycles. The first kappa shape index (κ1) is 12.5. The molecule has 0 N–H and O–H groups in total. The van der Waals surface area contributed by atoms with Crippen molar-refractivity contribution in [3.63, 3.8) is 0 Å². The summed E-state index contributed by atoms with van der Waals surface area (Å²) in [6.07, 6.45) is 2.47. The van der Waals surface area contributed by atoms with Crippen LogP contribution in [0.3, 0.4) is 0 Å². The molecule has 2 aromatic rings. The third kappa shape index (κ3) is 1.65. The largest absolute Gasteiger partial charge is 0.290 e. The van der Waals surface area contributed by atoms with Gasteiger partial charge in [-0.05, 0) is 30.2 Å². The Morgan fingerprint density at radius 3 is 2.73 bits per heavy atom. The molecule has 0 saturated heterocycles. The standard InChI is InChI=1S/C17H16FN3O/c18-12-8-13(10-4-2-1-3-5-10)21-16(12)19-15(20-21)14(22)11-9-17(11)6-7-17/h1-5,11-13H,6-9H2. The van der Waals surface area contributed by atoms with E-state index in [0.29, 0.717) is 12.2 Å². The van der Waals surface area contributed by atoms with Crippen molar-refractivity contribution < 1.29 is 9.18 Å². The van der Waals surface area contributed by atoms with Crippen molar-refractivity contribution in [3.05, 3.63) is 47.5 Å². The average Bonchev–Trinajstić information content (AvgIpc) is 3.39. The van der Waals surface area contributed by atoms with Crippen LogP contribution < -0.4 is 0 Å². The Balaban J connectivity index is 1.49. The molecule has 0 amide bonds. The average molecular weight is 297 g/mol. The fourth-order valence-electron chi connectivity index (χ4n) is 3.82. The summed E-state index contributed by atoms with van der Waals surface area (Å²) in [7, 11) is 0. The summed E-state index contributed by atoms with van der Waals surface area (Å²) in [6.45, 7) is 0. The van der Waals surface area contributed by atoms with Crippen LogP contribution in [0, 0.1) is 11.3 Å². The van der Waals surface area contributed by atoms with Gasteiger partial charge in [0.1, 0.15) is 0 Å². The normalized spacial score (nSPS) is 30.3. The second kappa shape index (κ2) is 4.03. The van der Waals surface area contributed by atoms with Crippen molar-refractivity contribution in [1.82, 2.24) is 14.8 Å². The van der Waals surface area contributed by atoms with Crippen LogP contribution in [0.1, 0.15) is 59.9 Å². The number of nitrogens with zero attached hydrogens (tertiary/aromatic N) is 3. The quantitative estimate of drug-likeness (QED) is 0.817. The third-order valence-electron chi connectivity index (χ3n) is 5.47. The molecule has 2 saturated carbocycles. The number of aromatic nitrogens is 3. The highest BCUT2D eigenvalue weighted by Crippen LogP contribution is 2.71. The van der Waals surface area contributed by atoms with E-state index >= 15 is 0 Å². The van der Waals surface area contributed by atoms with Gasteiger partial charge < -0.3 is 0 Å². The Bertz CT molecular complexity index is 765. The molecule has 3 aliphatic rings. The van der Waals surface area contributed by atoms with E-state index < -0.39 is 6.17 Å². The second-order valence-electron chi connectivity index (χ2n) is 6.85. The van der Waals surface area contributed by atoms with Gasteiger partial charge in [0.15, 0.2) is 12.0 Å². The van der Waals surface area contributed by atoms with E-state index in [1.54, 1.807) is 4.68 Å². The summed E-state index contributed by atoms with van der Waals surface area (Å²) in [5.74, 6) is 0.622. The SMILES string of the molecule is O=C(c1nc2n(n1)C(c1ccccc1)CC2F)C1CC12CC2. The maximum Gasteiger partial charge on any atom is 0.217 e. The number of hydrogen-bond acceptors (Lipinski definition) is 3. The lowest BCUT2D eigenvalue weighted by atomic mass is 10.0. The van der Waals surface area contributed by atoms with Crippen LogP contribution in [-0.4, -0.2) is 20.5 Å². The van der Waals surface area contributed by atoms with Crippen LogP contribution in [0.5, 0.6) is 0 Å². The van der Waals surface area contributed by atoms with E-state index in [-0.39, 0.29) is 29.0 Å². The first-order valence-electron chi connectivity index (χ1n) is 7.88. The lowest BCUT2D eigenvalue weighted by Gasteiger charge is -2.11. The van der Waals surface area contributed by atoms with Crippen molar-refractivity contribution in [2.24, 2.45) is 11.3 Å². The Hall–Kier alpha value is -2.04. The molecule has 3 unspecified atom stereocenters. The summed E-state index contributed by atoms with van der Waals surface area (Å²) in [5.41, 5.74) is 1.29. The predicted molar refractivity (Wildman–Crippen MR) is 77.2 cm³/mol. The van der Waals surface area contributed by atoms with E-state index in [4.69, 9.17) is 0 Å². The number of ketones is 1. The molecule has 112 valence electrons. The number of benzene rings is 1. The molecule has 2 heterocycles. The molecule has 0 bridgehead atoms. The summed E-state index contributed by atoms with van der Waals surface area (Å²) >= 11 is 0. The number of carbonyl (C=O) groups is 1. The summed E-state index contributed by atoms with van der Waals surface area (Å²) < 4.78 is 15.9. The minimum Gasteiger partial charge on any atom is -0.290 e. The van der Waals surface area contributed by atoms with Crippen LogP contribution in [0.15, 0.2) is 30.3 Å². The van der Waals surface area contributed by atoms with Crippen molar-refractivity contribution >= 4 is 5.78 Å². The van der Waals surface area contributed by atoms with Crippen LogP contribution in [-0.2, 0) is 0 Å². The molecule has 22 heavy (non-hydrogen) atoms. The van der Waals surface area contributed by atoms with E-state index in [9.17, 15) is 9.18 Å². The zero-order valence-corrected chi connectivity index (χ0v) is 12.1. The van der Waals surface area contributed by atoms with E-state index in [2.05, 4.69) is 10.1 Å². The maximum atomic E-state index is 14.3. The Labute approximate surface area is 127 Å². The monoisotopic (exact) mass is 297 g/mol. The van der Waals surface area contributed by atoms with Gasteiger partial charge in [0.2, 0.25) is 11.6 Å². The number of fused-ring (bicyclic) bond motifs is 1. The first-order chi connectivity index (χ1) is 10.7. The fraction of sp³-hybridized carbons (Fsp3) is 0.471. The van der Waals surface area contributed by atoms with Crippen LogP contribution >= 0.6 is 0 Å². The lowest BCUT2D eigenvalue weighted by Crippen LogP contribution is -2.11. The lowest BCUT2D eigenvalue weighted by molar-refractivity contribution is 0.0948. The highest BCUT2D eigenvalue weighted by Gasteiger charge is 2.66. The van der Waals surface area contributed by atoms with Crippen LogP contribution in [0.4, 0.5) is 4.39 Å². The van der Waals surface area contributed by atoms with Crippen molar-refractivity contribution in [2.75, 3.05) is 0 Å². The van der Waals surface area contributed by atoms with Crippen molar-refractivity contribution in [2.45, 2.75) is 37.9 Å². The Morgan fingerprint density at radius 1 is 1.27 bits per heavy atom. The zero-order chi connectivity index (χ0) is 14.9. The highest BCUT2D eigenvalue weighted by atomic mass is 19.1. The molecular weight excluding hydrogens is 281 g/mol. The molecule has 2 fully saturated rings. The van der Waals surface area contributed by atoms with Crippen molar-refractivity contribution in [1.29, 1.82) is 0 Å². The molecule has 1 spiro atoms. The number of alkyl halides is 1. The van der Waals surface area contributed by atoms with Gasteiger partial charge >= 0.3 is 0 Å². The summed E-state index contributed by atoms with van der Waals surface area (Å²) in [4.78, 5) is 16.7. The van der Waals surface area contributed by atoms with Crippen LogP contribution in [0.25, 0.3) is 0 Å². The molecule has 5 heteroatoms. The number of halogens is 1. The second-order valence-corrected chi connectivity index (χ2v) is 6.85. The number of rotatable bonds is 3. The van der Waals surface area contributed by atoms with Gasteiger partial charge in [0, 0.05) is 12.3 Å².